The Kier molecular flexibility index (Phi) is 5.17. The molecule has 1 saturated heterocycles. The molecule has 0 N–H and O–H groups in total. The third-order valence-electron chi connectivity index (χ3n) is 2.04. The highest BCUT2D eigenvalue weighted by Crippen LogP contribution is 2.26. The van der Waals surface area contributed by atoms with Gasteiger partial charge in [0.2, 0.25) is 0 Å². The summed E-state index contributed by atoms with van der Waals surface area (Å²) < 4.78 is 15.5. The zero-order valence-electron chi connectivity index (χ0n) is 8.06. The van der Waals surface area contributed by atoms with Crippen molar-refractivity contribution in [1.29, 1.82) is 0 Å². The Bertz CT molecular complexity index is 147. The summed E-state index contributed by atoms with van der Waals surface area (Å²) in [6.07, 6.45) is 0.122. The van der Waals surface area contributed by atoms with Crippen LogP contribution in [0, 0.1) is 0 Å². The average Bonchev–Trinajstić information content (AvgIpc) is 2.48. The molecule has 0 bridgehead atoms. The van der Waals surface area contributed by atoms with E-state index in [2.05, 4.69) is 0 Å². The molecule has 1 unspecified atom stereocenters. The minimum atomic E-state index is -0.202. The number of hydrogen-bond donors (Lipinski definition) is 0. The van der Waals surface area contributed by atoms with Gasteiger partial charge in [-0.2, -0.15) is 11.8 Å². The molecule has 0 aromatic carbocycles. The first-order valence-corrected chi connectivity index (χ1v) is 5.35. The van der Waals surface area contributed by atoms with Gasteiger partial charge < -0.3 is 14.2 Å². The molecule has 0 aromatic heterocycles. The van der Waals surface area contributed by atoms with E-state index >= 15 is 0 Å². The molecule has 0 spiro atoms. The van der Waals surface area contributed by atoms with Crippen molar-refractivity contribution in [2.45, 2.75) is 17.4 Å². The van der Waals surface area contributed by atoms with Crippen LogP contribution in [0.4, 0.5) is 0 Å². The molecule has 1 aliphatic rings. The van der Waals surface area contributed by atoms with Crippen molar-refractivity contribution in [3.63, 3.8) is 0 Å². The second-order valence-electron chi connectivity index (χ2n) is 2.90. The van der Waals surface area contributed by atoms with E-state index in [1.807, 2.05) is 0 Å². The molecule has 0 amide bonds. The summed E-state index contributed by atoms with van der Waals surface area (Å²) in [5.74, 6) is 0.929. The van der Waals surface area contributed by atoms with Crippen molar-refractivity contribution >= 4 is 19.6 Å². The van der Waals surface area contributed by atoms with Gasteiger partial charge in [0.25, 0.3) is 0 Å². The van der Waals surface area contributed by atoms with Crippen LogP contribution in [0.3, 0.4) is 0 Å². The van der Waals surface area contributed by atoms with Crippen LogP contribution in [-0.2, 0) is 14.2 Å². The Labute approximate surface area is 84.9 Å². The van der Waals surface area contributed by atoms with E-state index in [1.54, 1.807) is 26.0 Å². The number of thioether (sulfide) groups is 1. The van der Waals surface area contributed by atoms with Crippen molar-refractivity contribution < 1.29 is 14.2 Å². The van der Waals surface area contributed by atoms with Crippen molar-refractivity contribution in [2.24, 2.45) is 0 Å². The Morgan fingerprint density at radius 3 is 2.92 bits per heavy atom. The van der Waals surface area contributed by atoms with E-state index < -0.39 is 0 Å². The van der Waals surface area contributed by atoms with Gasteiger partial charge in [-0.1, -0.05) is 0 Å². The fraction of sp³-hybridized carbons (Fsp3) is 1.00. The summed E-state index contributed by atoms with van der Waals surface area (Å²) in [5, 5.41) is 0.236. The Hall–Kier alpha value is 0.295. The summed E-state index contributed by atoms with van der Waals surface area (Å²) >= 11 is 1.75. The minimum Gasteiger partial charge on any atom is -0.384 e. The Balaban J connectivity index is 2.27. The third-order valence-corrected chi connectivity index (χ3v) is 3.40. The highest BCUT2D eigenvalue weighted by Gasteiger charge is 2.34. The van der Waals surface area contributed by atoms with E-state index in [4.69, 9.17) is 22.1 Å². The number of ether oxygens (including phenoxy) is 3. The first-order chi connectivity index (χ1) is 6.29. The molecule has 2 radical (unpaired) electrons. The quantitative estimate of drug-likeness (QED) is 0.472. The predicted octanol–water partition coefficient (Wildman–Crippen LogP) is 0.274. The zero-order chi connectivity index (χ0) is 9.68. The van der Waals surface area contributed by atoms with E-state index in [1.165, 1.54) is 0 Å². The van der Waals surface area contributed by atoms with Crippen LogP contribution in [0.15, 0.2) is 0 Å². The largest absolute Gasteiger partial charge is 0.384 e. The second kappa shape index (κ2) is 5.91. The van der Waals surface area contributed by atoms with E-state index in [-0.39, 0.29) is 17.4 Å². The maximum Gasteiger partial charge on any atom is 0.110 e. The van der Waals surface area contributed by atoms with Gasteiger partial charge in [0.1, 0.15) is 7.85 Å². The van der Waals surface area contributed by atoms with E-state index in [0.717, 1.165) is 12.4 Å². The summed E-state index contributed by atoms with van der Waals surface area (Å²) in [6, 6.07) is -0.202. The van der Waals surface area contributed by atoms with Crippen LogP contribution in [0.2, 0.25) is 0 Å². The maximum atomic E-state index is 5.76. The van der Waals surface area contributed by atoms with Gasteiger partial charge in [0.05, 0.1) is 24.6 Å². The summed E-state index contributed by atoms with van der Waals surface area (Å²) in [6.45, 7) is 1.34. The second-order valence-corrected chi connectivity index (χ2v) is 4.19. The fourth-order valence-corrected chi connectivity index (χ4v) is 2.49. The molecular formula is C8H15BO3S. The normalized spacial score (nSPS) is 33.8. The first kappa shape index (κ1) is 11.4. The summed E-state index contributed by atoms with van der Waals surface area (Å²) in [7, 11) is 9.15. The number of methoxy groups -OCH3 is 2. The van der Waals surface area contributed by atoms with Gasteiger partial charge in [-0.25, -0.2) is 0 Å². The van der Waals surface area contributed by atoms with Crippen LogP contribution in [-0.4, -0.2) is 58.4 Å². The predicted molar refractivity (Wildman–Crippen MR) is 54.4 cm³/mol. The van der Waals surface area contributed by atoms with Crippen LogP contribution >= 0.6 is 11.8 Å². The van der Waals surface area contributed by atoms with Crippen molar-refractivity contribution in [3.8, 4) is 0 Å². The maximum absolute atomic E-state index is 5.76. The lowest BCUT2D eigenvalue weighted by Gasteiger charge is -2.18. The van der Waals surface area contributed by atoms with Crippen LogP contribution in [0.1, 0.15) is 0 Å². The summed E-state index contributed by atoms with van der Waals surface area (Å²) in [5.41, 5.74) is 0. The smallest absolute Gasteiger partial charge is 0.110 e. The molecule has 0 aliphatic carbocycles. The highest BCUT2D eigenvalue weighted by molar-refractivity contribution is 8.00. The molecule has 1 aliphatic heterocycles. The third kappa shape index (κ3) is 3.16. The van der Waals surface area contributed by atoms with E-state index in [9.17, 15) is 0 Å². The highest BCUT2D eigenvalue weighted by atomic mass is 32.2. The molecule has 13 heavy (non-hydrogen) atoms. The zero-order valence-corrected chi connectivity index (χ0v) is 8.88. The topological polar surface area (TPSA) is 27.7 Å². The SMILES string of the molecule is [B][C@@H]1OC[C@@H](OC)C1SCCOC. The molecule has 1 rings (SSSR count). The summed E-state index contributed by atoms with van der Waals surface area (Å²) in [4.78, 5) is 0. The van der Waals surface area contributed by atoms with Gasteiger partial charge in [-0.3, -0.25) is 0 Å². The van der Waals surface area contributed by atoms with E-state index in [0.29, 0.717) is 6.61 Å². The lowest BCUT2D eigenvalue weighted by Crippen LogP contribution is -2.29. The number of hydrogen-bond acceptors (Lipinski definition) is 4. The van der Waals surface area contributed by atoms with Gasteiger partial charge >= 0.3 is 0 Å². The van der Waals surface area contributed by atoms with Gasteiger partial charge in [-0.15, -0.1) is 0 Å². The molecule has 5 heteroatoms. The van der Waals surface area contributed by atoms with Crippen molar-refractivity contribution in [2.75, 3.05) is 33.2 Å². The van der Waals surface area contributed by atoms with Gasteiger partial charge in [-0.05, 0) is 0 Å². The molecule has 0 aromatic rings. The van der Waals surface area contributed by atoms with Crippen molar-refractivity contribution in [1.82, 2.24) is 0 Å². The monoisotopic (exact) mass is 202 g/mol. The Morgan fingerprint density at radius 2 is 2.31 bits per heavy atom. The first-order valence-electron chi connectivity index (χ1n) is 4.30. The number of rotatable bonds is 5. The molecule has 0 saturated carbocycles. The average molecular weight is 202 g/mol. The standard InChI is InChI=1S/C8H15BO3S/c1-10-3-4-13-7-6(11-2)5-12-8(7)9/h6-8H,3-5H2,1-2H3/t6-,7?,8-/m1/s1. The molecule has 1 fully saturated rings. The van der Waals surface area contributed by atoms with Crippen LogP contribution < -0.4 is 0 Å². The fourth-order valence-electron chi connectivity index (χ4n) is 1.28. The molecular weight excluding hydrogens is 187 g/mol. The minimum absolute atomic E-state index is 0.122. The molecule has 3 atom stereocenters. The lowest BCUT2D eigenvalue weighted by atomic mass is 9.96. The Morgan fingerprint density at radius 1 is 1.54 bits per heavy atom. The molecule has 3 nitrogen and oxygen atoms in total. The lowest BCUT2D eigenvalue weighted by molar-refractivity contribution is 0.0797. The van der Waals surface area contributed by atoms with Crippen LogP contribution in [0.5, 0.6) is 0 Å². The molecule has 74 valence electrons. The van der Waals surface area contributed by atoms with Crippen molar-refractivity contribution in [3.05, 3.63) is 0 Å². The van der Waals surface area contributed by atoms with Gasteiger partial charge in [0.15, 0.2) is 0 Å². The van der Waals surface area contributed by atoms with Crippen LogP contribution in [0.25, 0.3) is 0 Å². The molecule has 1 heterocycles. The van der Waals surface area contributed by atoms with Gasteiger partial charge in [0, 0.05) is 26.0 Å².